The molecule has 24 heavy (non-hydrogen) atoms. The van der Waals surface area contributed by atoms with E-state index in [1.54, 1.807) is 11.0 Å². The molecule has 124 valence electrons. The van der Waals surface area contributed by atoms with Crippen LogP contribution < -0.4 is 0 Å². The summed E-state index contributed by atoms with van der Waals surface area (Å²) in [5, 5.41) is 4.09. The Bertz CT molecular complexity index is 733. The molecule has 0 N–H and O–H groups in total. The second-order valence-corrected chi connectivity index (χ2v) is 5.17. The van der Waals surface area contributed by atoms with E-state index in [1.165, 1.54) is 6.33 Å². The molecule has 0 amide bonds. The number of carbonyl (C=O) groups excluding carboxylic acids is 1. The van der Waals surface area contributed by atoms with E-state index in [1.807, 2.05) is 60.7 Å². The zero-order valence-corrected chi connectivity index (χ0v) is 13.8. The van der Waals surface area contributed by atoms with Crippen LogP contribution in [0.1, 0.15) is 17.2 Å². The summed E-state index contributed by atoms with van der Waals surface area (Å²) in [6.45, 7) is 0.435. The van der Waals surface area contributed by atoms with E-state index in [4.69, 9.17) is 4.74 Å². The topological polar surface area (TPSA) is 57.0 Å². The predicted octanol–water partition coefficient (Wildman–Crippen LogP) is 3.23. The van der Waals surface area contributed by atoms with Crippen LogP contribution in [0, 0.1) is 0 Å². The first kappa shape index (κ1) is 17.7. The molecular weight excluding hydrogens is 326 g/mol. The monoisotopic (exact) mass is 343 g/mol. The fourth-order valence-electron chi connectivity index (χ4n) is 2.34. The Hall–Kier alpha value is -2.66. The van der Waals surface area contributed by atoms with Crippen LogP contribution in [0.15, 0.2) is 73.3 Å². The molecule has 0 saturated carbocycles. The lowest BCUT2D eigenvalue weighted by Crippen LogP contribution is -2.18. The SMILES string of the molecule is Cl.O=C(Cc1ccccc1)OC(Cn1cncn1)c1ccccc1. The van der Waals surface area contributed by atoms with E-state index in [0.29, 0.717) is 6.54 Å². The number of esters is 1. The van der Waals surface area contributed by atoms with Crippen LogP contribution in [0.25, 0.3) is 0 Å². The van der Waals surface area contributed by atoms with Crippen molar-refractivity contribution in [1.82, 2.24) is 14.8 Å². The highest BCUT2D eigenvalue weighted by molar-refractivity contribution is 5.85. The molecule has 0 saturated heterocycles. The van der Waals surface area contributed by atoms with Gasteiger partial charge in [-0.15, -0.1) is 12.4 Å². The second kappa shape index (κ2) is 8.84. The number of aromatic nitrogens is 3. The van der Waals surface area contributed by atoms with Gasteiger partial charge in [0, 0.05) is 0 Å². The van der Waals surface area contributed by atoms with Crippen molar-refractivity contribution in [1.29, 1.82) is 0 Å². The third-order valence-electron chi connectivity index (χ3n) is 3.46. The van der Waals surface area contributed by atoms with Gasteiger partial charge in [0.05, 0.1) is 13.0 Å². The number of halogens is 1. The summed E-state index contributed by atoms with van der Waals surface area (Å²) in [7, 11) is 0. The molecule has 5 nitrogen and oxygen atoms in total. The molecule has 1 aromatic heterocycles. The molecule has 0 bridgehead atoms. The predicted molar refractivity (Wildman–Crippen MR) is 92.7 cm³/mol. The summed E-state index contributed by atoms with van der Waals surface area (Å²) < 4.78 is 7.35. The third kappa shape index (κ3) is 4.93. The van der Waals surface area contributed by atoms with Crippen LogP contribution in [0.5, 0.6) is 0 Å². The summed E-state index contributed by atoms with van der Waals surface area (Å²) in [4.78, 5) is 16.2. The minimum absolute atomic E-state index is 0. The Kier molecular flexibility index (Phi) is 6.51. The maximum Gasteiger partial charge on any atom is 0.310 e. The lowest BCUT2D eigenvalue weighted by Gasteiger charge is -2.18. The van der Waals surface area contributed by atoms with E-state index in [-0.39, 0.29) is 24.8 Å². The van der Waals surface area contributed by atoms with E-state index in [0.717, 1.165) is 11.1 Å². The van der Waals surface area contributed by atoms with Crippen LogP contribution >= 0.6 is 12.4 Å². The van der Waals surface area contributed by atoms with E-state index in [9.17, 15) is 4.79 Å². The third-order valence-corrected chi connectivity index (χ3v) is 3.46. The average molecular weight is 344 g/mol. The fourth-order valence-corrected chi connectivity index (χ4v) is 2.34. The lowest BCUT2D eigenvalue weighted by atomic mass is 10.1. The van der Waals surface area contributed by atoms with Crippen LogP contribution in [0.4, 0.5) is 0 Å². The number of ether oxygens (including phenoxy) is 1. The molecule has 3 aromatic rings. The van der Waals surface area contributed by atoms with Crippen molar-refractivity contribution in [2.24, 2.45) is 0 Å². The number of benzene rings is 2. The quantitative estimate of drug-likeness (QED) is 0.645. The minimum Gasteiger partial charge on any atom is -0.455 e. The normalized spacial score (nSPS) is 11.3. The van der Waals surface area contributed by atoms with Gasteiger partial charge in [0.1, 0.15) is 18.8 Å². The number of carbonyl (C=O) groups is 1. The highest BCUT2D eigenvalue weighted by atomic mass is 35.5. The lowest BCUT2D eigenvalue weighted by molar-refractivity contribution is -0.149. The zero-order valence-electron chi connectivity index (χ0n) is 13.0. The number of rotatable bonds is 6. The summed E-state index contributed by atoms with van der Waals surface area (Å²) in [6.07, 6.45) is 2.94. The fraction of sp³-hybridized carbons (Fsp3) is 0.167. The molecule has 0 aliphatic rings. The van der Waals surface area contributed by atoms with Gasteiger partial charge in [-0.2, -0.15) is 5.10 Å². The van der Waals surface area contributed by atoms with Crippen molar-refractivity contribution in [3.8, 4) is 0 Å². The number of hydrogen-bond acceptors (Lipinski definition) is 4. The molecule has 0 aliphatic carbocycles. The zero-order chi connectivity index (χ0) is 15.9. The summed E-state index contributed by atoms with van der Waals surface area (Å²) in [5.74, 6) is -0.259. The maximum absolute atomic E-state index is 12.3. The van der Waals surface area contributed by atoms with E-state index >= 15 is 0 Å². The van der Waals surface area contributed by atoms with Crippen LogP contribution in [-0.4, -0.2) is 20.7 Å². The highest BCUT2D eigenvalue weighted by Gasteiger charge is 2.18. The second-order valence-electron chi connectivity index (χ2n) is 5.17. The van der Waals surface area contributed by atoms with Crippen molar-refractivity contribution < 1.29 is 9.53 Å². The highest BCUT2D eigenvalue weighted by Crippen LogP contribution is 2.20. The molecular formula is C18H18ClN3O2. The molecule has 3 rings (SSSR count). The van der Waals surface area contributed by atoms with E-state index < -0.39 is 6.10 Å². The minimum atomic E-state index is -0.394. The van der Waals surface area contributed by atoms with Gasteiger partial charge in [-0.05, 0) is 11.1 Å². The van der Waals surface area contributed by atoms with Crippen molar-refractivity contribution in [2.45, 2.75) is 19.1 Å². The van der Waals surface area contributed by atoms with Crippen LogP contribution in [0.2, 0.25) is 0 Å². The average Bonchev–Trinajstić information content (AvgIpc) is 3.09. The summed E-state index contributed by atoms with van der Waals surface area (Å²) in [5.41, 5.74) is 1.87. The maximum atomic E-state index is 12.3. The molecule has 0 spiro atoms. The number of hydrogen-bond donors (Lipinski definition) is 0. The largest absolute Gasteiger partial charge is 0.455 e. The molecule has 0 radical (unpaired) electrons. The Balaban J connectivity index is 0.00000208. The smallest absolute Gasteiger partial charge is 0.310 e. The first-order valence-electron chi connectivity index (χ1n) is 7.42. The molecule has 0 aliphatic heterocycles. The Morgan fingerprint density at radius 3 is 2.33 bits per heavy atom. The Labute approximate surface area is 146 Å². The van der Waals surface area contributed by atoms with Crippen molar-refractivity contribution in [3.05, 3.63) is 84.4 Å². The molecule has 2 aromatic carbocycles. The van der Waals surface area contributed by atoms with Crippen LogP contribution in [-0.2, 0) is 22.5 Å². The van der Waals surface area contributed by atoms with Gasteiger partial charge < -0.3 is 4.74 Å². The molecule has 0 fully saturated rings. The number of nitrogens with zero attached hydrogens (tertiary/aromatic N) is 3. The van der Waals surface area contributed by atoms with Gasteiger partial charge in [-0.3, -0.25) is 4.79 Å². The Morgan fingerprint density at radius 1 is 1.04 bits per heavy atom. The summed E-state index contributed by atoms with van der Waals surface area (Å²) >= 11 is 0. The van der Waals surface area contributed by atoms with Gasteiger partial charge in [0.25, 0.3) is 0 Å². The van der Waals surface area contributed by atoms with E-state index in [2.05, 4.69) is 10.1 Å². The Morgan fingerprint density at radius 2 is 1.71 bits per heavy atom. The summed E-state index contributed by atoms with van der Waals surface area (Å²) in [6, 6.07) is 19.2. The van der Waals surface area contributed by atoms with Crippen LogP contribution in [0.3, 0.4) is 0 Å². The first-order chi connectivity index (χ1) is 11.3. The van der Waals surface area contributed by atoms with Crippen molar-refractivity contribution in [2.75, 3.05) is 0 Å². The molecule has 1 unspecified atom stereocenters. The van der Waals surface area contributed by atoms with Gasteiger partial charge in [0.15, 0.2) is 0 Å². The van der Waals surface area contributed by atoms with Crippen molar-refractivity contribution >= 4 is 18.4 Å². The van der Waals surface area contributed by atoms with Gasteiger partial charge in [-0.1, -0.05) is 60.7 Å². The molecule has 1 atom stereocenters. The van der Waals surface area contributed by atoms with Gasteiger partial charge >= 0.3 is 5.97 Å². The molecule has 6 heteroatoms. The first-order valence-corrected chi connectivity index (χ1v) is 7.42. The van der Waals surface area contributed by atoms with Crippen molar-refractivity contribution in [3.63, 3.8) is 0 Å². The van der Waals surface area contributed by atoms with Gasteiger partial charge in [-0.25, -0.2) is 9.67 Å². The molecule has 1 heterocycles. The van der Waals surface area contributed by atoms with Gasteiger partial charge in [0.2, 0.25) is 0 Å². The standard InChI is InChI=1S/C18H17N3O2.ClH/c22-18(11-15-7-3-1-4-8-15)23-17(12-21-14-19-13-20-21)16-9-5-2-6-10-16;/h1-10,13-14,17H,11-12H2;1H.